The summed E-state index contributed by atoms with van der Waals surface area (Å²) >= 11 is 0. The molecule has 8 nitrogen and oxygen atoms in total. The van der Waals surface area contributed by atoms with Crippen LogP contribution in [0.5, 0.6) is 5.75 Å². The molecule has 0 unspecified atom stereocenters. The molecule has 3 aromatic carbocycles. The minimum Gasteiger partial charge on any atom is -0.494 e. The Morgan fingerprint density at radius 2 is 1.59 bits per heavy atom. The van der Waals surface area contributed by atoms with E-state index >= 15 is 0 Å². The van der Waals surface area contributed by atoms with Gasteiger partial charge in [-0.3, -0.25) is 4.79 Å². The molecule has 9 heteroatoms. The molecular weight excluding hydrogens is 456 g/mol. The number of amides is 1. The topological polar surface area (TPSA) is 102 Å². The van der Waals surface area contributed by atoms with E-state index in [2.05, 4.69) is 10.1 Å². The predicted molar refractivity (Wildman–Crippen MR) is 128 cm³/mol. The number of hydrogen-bond donors (Lipinski definition) is 1. The Balaban J connectivity index is 1.82. The fourth-order valence-electron chi connectivity index (χ4n) is 3.25. The summed E-state index contributed by atoms with van der Waals surface area (Å²) in [6.45, 7) is 2.23. The third-order valence-electron chi connectivity index (χ3n) is 5.03. The first kappa shape index (κ1) is 24.9. The van der Waals surface area contributed by atoms with Crippen LogP contribution in [0.25, 0.3) is 0 Å². The van der Waals surface area contributed by atoms with Crippen molar-refractivity contribution in [1.29, 1.82) is 0 Å². The second-order valence-corrected chi connectivity index (χ2v) is 9.40. The Morgan fingerprint density at radius 3 is 2.21 bits per heavy atom. The van der Waals surface area contributed by atoms with Crippen LogP contribution in [0.4, 0.5) is 5.69 Å². The maximum absolute atomic E-state index is 12.9. The Bertz CT molecular complexity index is 1260. The predicted octanol–water partition coefficient (Wildman–Crippen LogP) is 3.94. The van der Waals surface area contributed by atoms with Gasteiger partial charge in [-0.05, 0) is 61.5 Å². The van der Waals surface area contributed by atoms with Crippen LogP contribution in [-0.4, -0.2) is 45.4 Å². The Hall–Kier alpha value is -3.69. The number of rotatable bonds is 9. The van der Waals surface area contributed by atoms with Crippen LogP contribution < -0.4 is 10.1 Å². The van der Waals surface area contributed by atoms with Gasteiger partial charge in [-0.2, -0.15) is 4.31 Å². The van der Waals surface area contributed by atoms with Crippen LogP contribution in [0, 0.1) is 0 Å². The molecule has 178 valence electrons. The summed E-state index contributed by atoms with van der Waals surface area (Å²) in [5.74, 6) is -0.358. The lowest BCUT2D eigenvalue weighted by molar-refractivity contribution is 0.0600. The molecular formula is C25H26N2O6S. The zero-order chi connectivity index (χ0) is 24.7. The van der Waals surface area contributed by atoms with Crippen LogP contribution in [0.15, 0.2) is 77.7 Å². The molecule has 0 saturated carbocycles. The first-order valence-electron chi connectivity index (χ1n) is 10.5. The molecule has 0 aliphatic carbocycles. The molecule has 3 aromatic rings. The van der Waals surface area contributed by atoms with Crippen molar-refractivity contribution >= 4 is 27.6 Å². The standard InChI is InChI=1S/C25H26N2O6S/c1-4-33-23-15-12-19(24(28)26-21-13-10-18(11-14-21)25(29)32-3)16-20(23)17-27(2)34(30,31)22-8-6-5-7-9-22/h5-16H,4,17H2,1-3H3,(H,26,28). The maximum Gasteiger partial charge on any atom is 0.337 e. The number of methoxy groups -OCH3 is 1. The minimum atomic E-state index is -3.72. The molecule has 0 saturated heterocycles. The van der Waals surface area contributed by atoms with E-state index in [4.69, 9.17) is 4.74 Å². The van der Waals surface area contributed by atoms with Gasteiger partial charge in [-0.25, -0.2) is 13.2 Å². The molecule has 0 bridgehead atoms. The largest absolute Gasteiger partial charge is 0.494 e. The van der Waals surface area contributed by atoms with Gasteiger partial charge >= 0.3 is 5.97 Å². The third-order valence-corrected chi connectivity index (χ3v) is 6.85. The van der Waals surface area contributed by atoms with Crippen molar-refractivity contribution in [1.82, 2.24) is 4.31 Å². The summed E-state index contributed by atoms with van der Waals surface area (Å²) < 4.78 is 37.4. The number of sulfonamides is 1. The molecule has 0 fully saturated rings. The molecule has 0 aliphatic heterocycles. The number of hydrogen-bond acceptors (Lipinski definition) is 6. The van der Waals surface area contributed by atoms with Gasteiger partial charge in [0.25, 0.3) is 5.91 Å². The van der Waals surface area contributed by atoms with Crippen molar-refractivity contribution in [3.8, 4) is 5.75 Å². The van der Waals surface area contributed by atoms with Gasteiger partial charge in [0.1, 0.15) is 5.75 Å². The molecule has 0 radical (unpaired) electrons. The third kappa shape index (κ3) is 5.81. The van der Waals surface area contributed by atoms with Crippen LogP contribution in [-0.2, 0) is 21.3 Å². The number of nitrogens with one attached hydrogen (secondary N) is 1. The zero-order valence-electron chi connectivity index (χ0n) is 19.1. The summed E-state index contributed by atoms with van der Waals surface area (Å²) in [6, 6.07) is 19.3. The van der Waals surface area contributed by atoms with Gasteiger partial charge in [0.2, 0.25) is 10.0 Å². The van der Waals surface area contributed by atoms with Gasteiger partial charge in [-0.1, -0.05) is 18.2 Å². The van der Waals surface area contributed by atoms with E-state index in [0.717, 1.165) is 0 Å². The Labute approximate surface area is 199 Å². The lowest BCUT2D eigenvalue weighted by Gasteiger charge is -2.20. The number of esters is 1. The van der Waals surface area contributed by atoms with Crippen molar-refractivity contribution in [2.24, 2.45) is 0 Å². The molecule has 0 spiro atoms. The van der Waals surface area contributed by atoms with E-state index in [9.17, 15) is 18.0 Å². The van der Waals surface area contributed by atoms with Crippen LogP contribution in [0.1, 0.15) is 33.2 Å². The normalized spacial score (nSPS) is 11.2. The quantitative estimate of drug-likeness (QED) is 0.464. The fourth-order valence-corrected chi connectivity index (χ4v) is 4.42. The average molecular weight is 483 g/mol. The summed E-state index contributed by atoms with van der Waals surface area (Å²) in [4.78, 5) is 24.6. The lowest BCUT2D eigenvalue weighted by Crippen LogP contribution is -2.27. The highest BCUT2D eigenvalue weighted by Crippen LogP contribution is 2.25. The molecule has 1 N–H and O–H groups in total. The number of nitrogens with zero attached hydrogens (tertiary/aromatic N) is 1. The second-order valence-electron chi connectivity index (χ2n) is 7.35. The molecule has 3 rings (SSSR count). The van der Waals surface area contributed by atoms with Crippen molar-refractivity contribution < 1.29 is 27.5 Å². The summed E-state index contributed by atoms with van der Waals surface area (Å²) in [7, 11) is -0.949. The van der Waals surface area contributed by atoms with E-state index < -0.39 is 16.0 Å². The monoisotopic (exact) mass is 482 g/mol. The number of carbonyl (C=O) groups is 2. The number of anilines is 1. The number of benzene rings is 3. The van der Waals surface area contributed by atoms with Gasteiger partial charge in [0.05, 0.1) is 24.2 Å². The fraction of sp³-hybridized carbons (Fsp3) is 0.200. The Kier molecular flexibility index (Phi) is 8.04. The van der Waals surface area contributed by atoms with Crippen molar-refractivity contribution in [3.63, 3.8) is 0 Å². The zero-order valence-corrected chi connectivity index (χ0v) is 20.0. The molecule has 0 heterocycles. The molecule has 0 aliphatic rings. The van der Waals surface area contributed by atoms with Gasteiger partial charge < -0.3 is 14.8 Å². The van der Waals surface area contributed by atoms with E-state index in [0.29, 0.717) is 34.7 Å². The summed E-state index contributed by atoms with van der Waals surface area (Å²) in [6.07, 6.45) is 0. The average Bonchev–Trinajstić information content (AvgIpc) is 2.85. The second kappa shape index (κ2) is 11.0. The van der Waals surface area contributed by atoms with Crippen molar-refractivity contribution in [2.45, 2.75) is 18.4 Å². The maximum atomic E-state index is 12.9. The van der Waals surface area contributed by atoms with Crippen molar-refractivity contribution in [2.75, 3.05) is 26.1 Å². The van der Waals surface area contributed by atoms with Gasteiger partial charge in [-0.15, -0.1) is 0 Å². The number of ether oxygens (including phenoxy) is 2. The highest BCUT2D eigenvalue weighted by Gasteiger charge is 2.22. The highest BCUT2D eigenvalue weighted by molar-refractivity contribution is 7.89. The van der Waals surface area contributed by atoms with E-state index in [1.54, 1.807) is 60.7 Å². The first-order chi connectivity index (χ1) is 16.3. The van der Waals surface area contributed by atoms with E-state index in [1.165, 1.54) is 30.6 Å². The van der Waals surface area contributed by atoms with Crippen LogP contribution >= 0.6 is 0 Å². The van der Waals surface area contributed by atoms with Crippen molar-refractivity contribution in [3.05, 3.63) is 89.5 Å². The van der Waals surface area contributed by atoms with Gasteiger partial charge in [0.15, 0.2) is 0 Å². The SMILES string of the molecule is CCOc1ccc(C(=O)Nc2ccc(C(=O)OC)cc2)cc1CN(C)S(=O)(=O)c1ccccc1. The molecule has 0 aromatic heterocycles. The van der Waals surface area contributed by atoms with E-state index in [-0.39, 0.29) is 17.3 Å². The first-order valence-corrected chi connectivity index (χ1v) is 12.0. The summed E-state index contributed by atoms with van der Waals surface area (Å²) in [5, 5.41) is 2.77. The molecule has 34 heavy (non-hydrogen) atoms. The van der Waals surface area contributed by atoms with Gasteiger partial charge in [0, 0.05) is 30.4 Å². The molecule has 0 atom stereocenters. The highest BCUT2D eigenvalue weighted by atomic mass is 32.2. The smallest absolute Gasteiger partial charge is 0.337 e. The van der Waals surface area contributed by atoms with E-state index in [1.807, 2.05) is 6.92 Å². The van der Waals surface area contributed by atoms with Crippen LogP contribution in [0.2, 0.25) is 0 Å². The lowest BCUT2D eigenvalue weighted by atomic mass is 10.1. The van der Waals surface area contributed by atoms with Crippen LogP contribution in [0.3, 0.4) is 0 Å². The summed E-state index contributed by atoms with van der Waals surface area (Å²) in [5.41, 5.74) is 1.75. The molecule has 1 amide bonds. The minimum absolute atomic E-state index is 0.0154. The number of carbonyl (C=O) groups excluding carboxylic acids is 2. The Morgan fingerprint density at radius 1 is 0.941 bits per heavy atom.